The maximum atomic E-state index is 5.42. The highest BCUT2D eigenvalue weighted by molar-refractivity contribution is 14.0. The van der Waals surface area contributed by atoms with Crippen LogP contribution < -0.4 is 10.2 Å². The largest absolute Gasteiger partial charge is 0.378 e. The number of hydrogen-bond acceptors (Lipinski definition) is 3. The fourth-order valence-corrected chi connectivity index (χ4v) is 3.54. The predicted octanol–water partition coefficient (Wildman–Crippen LogP) is 2.95. The molecule has 0 saturated carbocycles. The van der Waals surface area contributed by atoms with Gasteiger partial charge in [0.2, 0.25) is 0 Å². The third-order valence-electron chi connectivity index (χ3n) is 4.93. The second-order valence-electron chi connectivity index (χ2n) is 6.86. The summed E-state index contributed by atoms with van der Waals surface area (Å²) < 4.78 is 5.42. The van der Waals surface area contributed by atoms with Gasteiger partial charge in [-0.05, 0) is 36.5 Å². The molecule has 1 unspecified atom stereocenters. The molecule has 2 fully saturated rings. The minimum absolute atomic E-state index is 0. The van der Waals surface area contributed by atoms with Crippen molar-refractivity contribution in [3.8, 4) is 0 Å². The van der Waals surface area contributed by atoms with Gasteiger partial charge < -0.3 is 19.9 Å². The SMILES string of the molecule is CN=C(NCc1ccc(N2CCOCC2)cc1)N1CCCC(C)C1.I. The van der Waals surface area contributed by atoms with Crippen LogP contribution in [0.5, 0.6) is 0 Å². The summed E-state index contributed by atoms with van der Waals surface area (Å²) in [7, 11) is 1.88. The fraction of sp³-hybridized carbons (Fsp3) is 0.632. The first-order valence-electron chi connectivity index (χ1n) is 9.13. The smallest absolute Gasteiger partial charge is 0.193 e. The molecule has 2 aliphatic rings. The van der Waals surface area contributed by atoms with E-state index in [1.54, 1.807) is 0 Å². The van der Waals surface area contributed by atoms with E-state index in [0.717, 1.165) is 57.8 Å². The van der Waals surface area contributed by atoms with Crippen LogP contribution in [0, 0.1) is 5.92 Å². The van der Waals surface area contributed by atoms with Crippen LogP contribution in [0.1, 0.15) is 25.3 Å². The van der Waals surface area contributed by atoms with Gasteiger partial charge in [0.1, 0.15) is 0 Å². The highest BCUT2D eigenvalue weighted by Crippen LogP contribution is 2.17. The molecular weight excluding hydrogens is 427 g/mol. The van der Waals surface area contributed by atoms with Crippen molar-refractivity contribution in [3.63, 3.8) is 0 Å². The summed E-state index contributed by atoms with van der Waals surface area (Å²) in [6, 6.07) is 8.86. The highest BCUT2D eigenvalue weighted by atomic mass is 127. The van der Waals surface area contributed by atoms with Gasteiger partial charge in [0.25, 0.3) is 0 Å². The van der Waals surface area contributed by atoms with Crippen LogP contribution in [0.2, 0.25) is 0 Å². The molecule has 1 atom stereocenters. The van der Waals surface area contributed by atoms with Gasteiger partial charge in [0.15, 0.2) is 5.96 Å². The number of likely N-dealkylation sites (tertiary alicyclic amines) is 1. The Hall–Kier alpha value is -1.02. The standard InChI is InChI=1S/C19H30N4O.HI/c1-16-4-3-9-23(15-16)19(20-2)21-14-17-5-7-18(8-6-17)22-10-12-24-13-11-22;/h5-8,16H,3-4,9-15H2,1-2H3,(H,20,21);1H. The normalized spacial score (nSPS) is 21.7. The number of anilines is 1. The third kappa shape index (κ3) is 5.74. The van der Waals surface area contributed by atoms with E-state index in [9.17, 15) is 0 Å². The van der Waals surface area contributed by atoms with Crippen LogP contribution in [0.4, 0.5) is 5.69 Å². The maximum Gasteiger partial charge on any atom is 0.193 e. The van der Waals surface area contributed by atoms with Crippen LogP contribution in [-0.4, -0.2) is 57.3 Å². The van der Waals surface area contributed by atoms with Gasteiger partial charge in [-0.25, -0.2) is 0 Å². The lowest BCUT2D eigenvalue weighted by Crippen LogP contribution is -2.45. The summed E-state index contributed by atoms with van der Waals surface area (Å²) in [5.74, 6) is 1.78. The van der Waals surface area contributed by atoms with Crippen molar-refractivity contribution in [2.24, 2.45) is 10.9 Å². The molecule has 6 heteroatoms. The minimum Gasteiger partial charge on any atom is -0.378 e. The number of piperidine rings is 1. The topological polar surface area (TPSA) is 40.1 Å². The first-order valence-corrected chi connectivity index (χ1v) is 9.13. The number of nitrogens with zero attached hydrogens (tertiary/aromatic N) is 3. The number of guanidine groups is 1. The zero-order valence-electron chi connectivity index (χ0n) is 15.4. The molecule has 0 radical (unpaired) electrons. The lowest BCUT2D eigenvalue weighted by atomic mass is 10.0. The molecule has 1 N–H and O–H groups in total. The van der Waals surface area contributed by atoms with Crippen LogP contribution in [-0.2, 0) is 11.3 Å². The molecule has 1 aromatic carbocycles. The van der Waals surface area contributed by atoms with Gasteiger partial charge in [-0.2, -0.15) is 0 Å². The number of benzene rings is 1. The van der Waals surface area contributed by atoms with Crippen molar-refractivity contribution < 1.29 is 4.74 Å². The average molecular weight is 458 g/mol. The van der Waals surface area contributed by atoms with Gasteiger partial charge in [-0.3, -0.25) is 4.99 Å². The molecular formula is C19H31IN4O. The fourth-order valence-electron chi connectivity index (χ4n) is 3.54. The summed E-state index contributed by atoms with van der Waals surface area (Å²) in [4.78, 5) is 9.23. The summed E-state index contributed by atoms with van der Waals surface area (Å²) in [5.41, 5.74) is 2.58. The number of halogens is 1. The molecule has 1 aromatic rings. The van der Waals surface area contributed by atoms with Gasteiger partial charge in [0, 0.05) is 45.5 Å². The number of nitrogens with one attached hydrogen (secondary N) is 1. The second kappa shape index (κ2) is 10.2. The molecule has 3 rings (SSSR count). The molecule has 0 spiro atoms. The third-order valence-corrected chi connectivity index (χ3v) is 4.93. The van der Waals surface area contributed by atoms with Gasteiger partial charge in [-0.1, -0.05) is 19.1 Å². The summed E-state index contributed by atoms with van der Waals surface area (Å²) in [6.45, 7) is 8.98. The molecule has 25 heavy (non-hydrogen) atoms. The monoisotopic (exact) mass is 458 g/mol. The number of hydrogen-bond donors (Lipinski definition) is 1. The lowest BCUT2D eigenvalue weighted by molar-refractivity contribution is 0.122. The van der Waals surface area contributed by atoms with Crippen molar-refractivity contribution in [2.45, 2.75) is 26.3 Å². The Morgan fingerprint density at radius 2 is 1.92 bits per heavy atom. The summed E-state index contributed by atoms with van der Waals surface area (Å²) in [6.07, 6.45) is 2.59. The van der Waals surface area contributed by atoms with Crippen LogP contribution >= 0.6 is 24.0 Å². The van der Waals surface area contributed by atoms with Crippen LogP contribution in [0.3, 0.4) is 0 Å². The van der Waals surface area contributed by atoms with Gasteiger partial charge in [-0.15, -0.1) is 24.0 Å². The van der Waals surface area contributed by atoms with Crippen molar-refractivity contribution in [3.05, 3.63) is 29.8 Å². The highest BCUT2D eigenvalue weighted by Gasteiger charge is 2.19. The van der Waals surface area contributed by atoms with E-state index in [0.29, 0.717) is 0 Å². The molecule has 0 bridgehead atoms. The van der Waals surface area contributed by atoms with E-state index in [1.165, 1.54) is 24.1 Å². The molecule has 140 valence electrons. The number of morpholine rings is 1. The summed E-state index contributed by atoms with van der Waals surface area (Å²) >= 11 is 0. The van der Waals surface area contributed by atoms with Crippen LogP contribution in [0.15, 0.2) is 29.3 Å². The van der Waals surface area contributed by atoms with E-state index in [4.69, 9.17) is 4.74 Å². The van der Waals surface area contributed by atoms with Crippen molar-refractivity contribution in [2.75, 3.05) is 51.3 Å². The predicted molar refractivity (Wildman–Crippen MR) is 115 cm³/mol. The van der Waals surface area contributed by atoms with E-state index in [-0.39, 0.29) is 24.0 Å². The molecule has 0 amide bonds. The Morgan fingerprint density at radius 1 is 1.20 bits per heavy atom. The Morgan fingerprint density at radius 3 is 2.56 bits per heavy atom. The summed E-state index contributed by atoms with van der Waals surface area (Å²) in [5, 5.41) is 3.52. The quantitative estimate of drug-likeness (QED) is 0.430. The van der Waals surface area contributed by atoms with Crippen LogP contribution in [0.25, 0.3) is 0 Å². The van der Waals surface area contributed by atoms with Crippen molar-refractivity contribution in [1.29, 1.82) is 0 Å². The van der Waals surface area contributed by atoms with E-state index in [1.807, 2.05) is 7.05 Å². The second-order valence-corrected chi connectivity index (χ2v) is 6.86. The maximum absolute atomic E-state index is 5.42. The Labute approximate surface area is 168 Å². The average Bonchev–Trinajstić information content (AvgIpc) is 2.64. The molecule has 2 aliphatic heterocycles. The zero-order valence-corrected chi connectivity index (χ0v) is 17.7. The van der Waals surface area contributed by atoms with E-state index in [2.05, 4.69) is 51.3 Å². The molecule has 0 aromatic heterocycles. The number of ether oxygens (including phenoxy) is 1. The molecule has 0 aliphatic carbocycles. The minimum atomic E-state index is 0. The lowest BCUT2D eigenvalue weighted by Gasteiger charge is -2.33. The van der Waals surface area contributed by atoms with E-state index >= 15 is 0 Å². The zero-order chi connectivity index (χ0) is 16.8. The van der Waals surface area contributed by atoms with E-state index < -0.39 is 0 Å². The van der Waals surface area contributed by atoms with Crippen molar-refractivity contribution in [1.82, 2.24) is 10.2 Å². The molecule has 5 nitrogen and oxygen atoms in total. The molecule has 2 saturated heterocycles. The Bertz CT molecular complexity index is 543. The first-order chi connectivity index (χ1) is 11.8. The first kappa shape index (κ1) is 20.3. The Kier molecular flexibility index (Phi) is 8.29. The number of aliphatic imine (C=N–C) groups is 1. The van der Waals surface area contributed by atoms with Gasteiger partial charge in [0.05, 0.1) is 13.2 Å². The van der Waals surface area contributed by atoms with Crippen molar-refractivity contribution >= 4 is 35.6 Å². The Balaban J connectivity index is 0.00000225. The molecule has 2 heterocycles. The number of rotatable bonds is 3. The van der Waals surface area contributed by atoms with Gasteiger partial charge >= 0.3 is 0 Å².